The van der Waals surface area contributed by atoms with Crippen molar-refractivity contribution in [3.05, 3.63) is 24.3 Å². The first-order chi connectivity index (χ1) is 8.54. The van der Waals surface area contributed by atoms with Crippen LogP contribution in [0.25, 0.3) is 10.8 Å². The van der Waals surface area contributed by atoms with Gasteiger partial charge in [0.2, 0.25) is 11.8 Å². The van der Waals surface area contributed by atoms with Gasteiger partial charge >= 0.3 is 11.8 Å². The van der Waals surface area contributed by atoms with E-state index < -0.39 is 23.6 Å². The third-order valence-corrected chi connectivity index (χ3v) is 2.33. The number of aromatic amines is 1. The minimum atomic E-state index is -1.38. The summed E-state index contributed by atoms with van der Waals surface area (Å²) in [7, 11) is 0. The maximum atomic E-state index is 11.6. The average Bonchev–Trinajstić information content (AvgIpc) is 2.41. The van der Waals surface area contributed by atoms with Crippen LogP contribution >= 0.6 is 0 Å². The lowest BCUT2D eigenvalue weighted by Gasteiger charge is -2.08. The molecule has 8 nitrogen and oxygen atoms in total. The molecule has 2 aromatic heterocycles. The van der Waals surface area contributed by atoms with Gasteiger partial charge in [-0.1, -0.05) is 0 Å². The van der Waals surface area contributed by atoms with Crippen molar-refractivity contribution in [1.82, 2.24) is 9.78 Å². The summed E-state index contributed by atoms with van der Waals surface area (Å²) in [5, 5.41) is 24.7. The van der Waals surface area contributed by atoms with E-state index in [4.69, 9.17) is 5.53 Å². The molecule has 4 N–H and O–H groups in total. The first-order valence-corrected chi connectivity index (χ1v) is 4.79. The number of aromatic hydroxyl groups is 2. The number of hydrogen-bond acceptors (Lipinski definition) is 5. The van der Waals surface area contributed by atoms with Crippen LogP contribution in [0, 0.1) is 5.53 Å². The lowest BCUT2D eigenvalue weighted by Crippen LogP contribution is -2.21. The van der Waals surface area contributed by atoms with Crippen molar-refractivity contribution >= 4 is 22.6 Å². The van der Waals surface area contributed by atoms with Gasteiger partial charge in [-0.05, 0) is 24.3 Å². The van der Waals surface area contributed by atoms with Crippen molar-refractivity contribution in [2.45, 2.75) is 0 Å². The number of carbonyl (C=O) groups excluding carboxylic acids is 2. The molecule has 8 heteroatoms. The van der Waals surface area contributed by atoms with E-state index >= 15 is 0 Å². The van der Waals surface area contributed by atoms with E-state index in [1.54, 1.807) is 0 Å². The Morgan fingerprint density at radius 3 is 2.28 bits per heavy atom. The zero-order chi connectivity index (χ0) is 13.3. The number of H-pyrrole nitrogens is 1. The van der Waals surface area contributed by atoms with Gasteiger partial charge in [0.15, 0.2) is 0 Å². The van der Waals surface area contributed by atoms with E-state index in [0.717, 1.165) is 0 Å². The molecule has 0 aliphatic rings. The molecule has 0 aliphatic heterocycles. The van der Waals surface area contributed by atoms with Crippen LogP contribution < -0.4 is 0 Å². The number of hydrogen-bond donors (Lipinski definition) is 4. The molecule has 1 amide bonds. The summed E-state index contributed by atoms with van der Waals surface area (Å²) in [4.78, 5) is 22.6. The molecule has 0 saturated carbocycles. The standard InChI is InChI=1S/C10H8N4O4/c11-12-8(16)10(18)14-9(17)6-3-1-5(2-4-6)7(15)13-14/h1-4,11,13,15,17H. The van der Waals surface area contributed by atoms with Crippen molar-refractivity contribution in [2.24, 2.45) is 5.11 Å². The van der Waals surface area contributed by atoms with Gasteiger partial charge in [0.05, 0.1) is 0 Å². The minimum absolute atomic E-state index is 0.268. The molecular weight excluding hydrogens is 240 g/mol. The van der Waals surface area contributed by atoms with E-state index in [-0.39, 0.29) is 5.39 Å². The summed E-state index contributed by atoms with van der Waals surface area (Å²) < 4.78 is 0.429. The van der Waals surface area contributed by atoms with E-state index in [1.807, 2.05) is 0 Å². The fourth-order valence-electron chi connectivity index (χ4n) is 1.42. The molecule has 3 aromatic rings. The predicted molar refractivity (Wildman–Crippen MR) is 59.2 cm³/mol. The lowest BCUT2D eigenvalue weighted by molar-refractivity contribution is -0.115. The molecule has 0 unspecified atom stereocenters. The predicted octanol–water partition coefficient (Wildman–Crippen LogP) is 1.14. The number of nitrogens with one attached hydrogen (secondary N) is 2. The van der Waals surface area contributed by atoms with Crippen LogP contribution in [-0.2, 0) is 4.79 Å². The van der Waals surface area contributed by atoms with Crippen LogP contribution in [0.1, 0.15) is 4.79 Å². The summed E-state index contributed by atoms with van der Waals surface area (Å²) >= 11 is 0. The number of aromatic nitrogens is 2. The van der Waals surface area contributed by atoms with E-state index in [9.17, 15) is 19.8 Å². The number of benzene rings is 1. The summed E-state index contributed by atoms with van der Waals surface area (Å²) in [6.07, 6.45) is 0. The molecule has 92 valence electrons. The highest BCUT2D eigenvalue weighted by atomic mass is 16.3. The van der Waals surface area contributed by atoms with Crippen molar-refractivity contribution in [2.75, 3.05) is 0 Å². The Hall–Kier alpha value is -2.90. The fraction of sp³-hybridized carbons (Fsp3) is 0. The Morgan fingerprint density at radius 1 is 1.17 bits per heavy atom. The second kappa shape index (κ2) is 4.17. The summed E-state index contributed by atoms with van der Waals surface area (Å²) in [5.41, 5.74) is 6.48. The first kappa shape index (κ1) is 11.6. The third-order valence-electron chi connectivity index (χ3n) is 2.33. The Balaban J connectivity index is 2.79. The van der Waals surface area contributed by atoms with Crippen LogP contribution in [0.2, 0.25) is 0 Å². The van der Waals surface area contributed by atoms with E-state index in [2.05, 4.69) is 10.2 Å². The number of fused-ring (bicyclic) bond motifs is 5. The second-order valence-electron chi connectivity index (χ2n) is 3.42. The van der Waals surface area contributed by atoms with Crippen molar-refractivity contribution in [3.8, 4) is 11.8 Å². The van der Waals surface area contributed by atoms with E-state index in [0.29, 0.717) is 10.1 Å². The van der Waals surface area contributed by atoms with Crippen LogP contribution in [0.4, 0.5) is 0 Å². The quantitative estimate of drug-likeness (QED) is 0.411. The molecule has 0 aliphatic carbocycles. The van der Waals surface area contributed by atoms with Crippen LogP contribution in [0.3, 0.4) is 0 Å². The van der Waals surface area contributed by atoms with Crippen LogP contribution in [-0.4, -0.2) is 31.8 Å². The highest BCUT2D eigenvalue weighted by Gasteiger charge is 2.18. The summed E-state index contributed by atoms with van der Waals surface area (Å²) in [6, 6.07) is 5.97. The SMILES string of the molecule is N=NC(=O)C(=O)n1[nH]c(O)c2ccc(cc2)c1O. The monoisotopic (exact) mass is 248 g/mol. The van der Waals surface area contributed by atoms with Gasteiger partial charge in [-0.15, -0.1) is 5.11 Å². The zero-order valence-corrected chi connectivity index (χ0v) is 8.91. The molecule has 3 rings (SSSR count). The van der Waals surface area contributed by atoms with Crippen LogP contribution in [0.5, 0.6) is 11.8 Å². The summed E-state index contributed by atoms with van der Waals surface area (Å²) in [5.74, 6) is -3.65. The second-order valence-corrected chi connectivity index (χ2v) is 3.42. The smallest absolute Gasteiger partial charge is 0.355 e. The largest absolute Gasteiger partial charge is 0.493 e. The van der Waals surface area contributed by atoms with Gasteiger partial charge < -0.3 is 10.2 Å². The topological polar surface area (TPSA) is 132 Å². The molecule has 0 spiro atoms. The van der Waals surface area contributed by atoms with Gasteiger partial charge in [-0.3, -0.25) is 14.7 Å². The molecule has 1 aromatic carbocycles. The molecule has 0 atom stereocenters. The molecular formula is C10H8N4O4. The van der Waals surface area contributed by atoms with Gasteiger partial charge in [-0.2, -0.15) is 4.68 Å². The van der Waals surface area contributed by atoms with Crippen molar-refractivity contribution < 1.29 is 19.8 Å². The highest BCUT2D eigenvalue weighted by molar-refractivity contribution is 6.36. The van der Waals surface area contributed by atoms with Gasteiger partial charge in [0.1, 0.15) is 0 Å². The molecule has 2 heterocycles. The van der Waals surface area contributed by atoms with Gasteiger partial charge in [0.25, 0.3) is 0 Å². The van der Waals surface area contributed by atoms with Crippen molar-refractivity contribution in [1.29, 1.82) is 5.53 Å². The number of amides is 1. The fourth-order valence-corrected chi connectivity index (χ4v) is 1.42. The number of carbonyl (C=O) groups is 2. The van der Waals surface area contributed by atoms with Gasteiger partial charge in [-0.25, -0.2) is 5.53 Å². The van der Waals surface area contributed by atoms with Crippen molar-refractivity contribution in [3.63, 3.8) is 0 Å². The number of nitrogens with zero attached hydrogens (tertiary/aromatic N) is 2. The normalized spacial score (nSPS) is 10.2. The molecule has 18 heavy (non-hydrogen) atoms. The average molecular weight is 248 g/mol. The van der Waals surface area contributed by atoms with Crippen LogP contribution in [0.15, 0.2) is 29.4 Å². The maximum absolute atomic E-state index is 11.6. The van der Waals surface area contributed by atoms with E-state index in [1.165, 1.54) is 24.3 Å². The van der Waals surface area contributed by atoms with Gasteiger partial charge in [0, 0.05) is 10.8 Å². The number of rotatable bonds is 0. The summed E-state index contributed by atoms with van der Waals surface area (Å²) in [6.45, 7) is 0. The Morgan fingerprint density at radius 2 is 1.72 bits per heavy atom. The maximum Gasteiger partial charge on any atom is 0.355 e. The Bertz CT molecular complexity index is 663. The minimum Gasteiger partial charge on any atom is -0.493 e. The molecule has 2 bridgehead atoms. The molecule has 0 fully saturated rings. The zero-order valence-electron chi connectivity index (χ0n) is 8.91. The Labute approximate surface area is 99.6 Å². The molecule has 0 saturated heterocycles. The first-order valence-electron chi connectivity index (χ1n) is 4.79. The third kappa shape index (κ3) is 1.75. The molecule has 0 radical (unpaired) electrons. The lowest BCUT2D eigenvalue weighted by atomic mass is 10.2. The Kier molecular flexibility index (Phi) is 2.68. The highest BCUT2D eigenvalue weighted by Crippen LogP contribution is 2.22.